The van der Waals surface area contributed by atoms with Gasteiger partial charge < -0.3 is 24.8 Å². The molecule has 0 aromatic heterocycles. The van der Waals surface area contributed by atoms with Crippen molar-refractivity contribution in [3.63, 3.8) is 0 Å². The molecule has 0 spiro atoms. The number of nitrogens with one attached hydrogen (secondary N) is 3. The van der Waals surface area contributed by atoms with Gasteiger partial charge >= 0.3 is 6.09 Å². The van der Waals surface area contributed by atoms with Crippen molar-refractivity contribution in [3.8, 4) is 5.75 Å². The highest BCUT2D eigenvalue weighted by atomic mass is 16.6. The van der Waals surface area contributed by atoms with Crippen LogP contribution >= 0.6 is 0 Å². The summed E-state index contributed by atoms with van der Waals surface area (Å²) in [5, 5.41) is 8.17. The van der Waals surface area contributed by atoms with E-state index in [-0.39, 0.29) is 18.5 Å². The Kier molecular flexibility index (Phi) is 6.59. The Balaban J connectivity index is 1.62. The summed E-state index contributed by atoms with van der Waals surface area (Å²) in [4.78, 5) is 32.9. The number of amides is 2. The summed E-state index contributed by atoms with van der Waals surface area (Å²) in [6.45, 7) is 11.3. The van der Waals surface area contributed by atoms with Crippen LogP contribution in [0.2, 0.25) is 0 Å². The number of benzene rings is 1. The average molecular weight is 511 g/mol. The minimum atomic E-state index is -0.648. The third-order valence-corrected chi connectivity index (χ3v) is 6.22. The number of rotatable bonds is 2. The third kappa shape index (κ3) is 5.01. The van der Waals surface area contributed by atoms with E-state index >= 15 is 0 Å². The maximum atomic E-state index is 13.2. The first kappa shape index (κ1) is 25.1. The number of amidine groups is 1. The van der Waals surface area contributed by atoms with E-state index in [9.17, 15) is 9.59 Å². The number of carbonyl (C=O) groups is 2. The van der Waals surface area contributed by atoms with Crippen LogP contribution < -0.4 is 20.8 Å². The van der Waals surface area contributed by atoms with Crippen molar-refractivity contribution in [3.05, 3.63) is 46.6 Å². The predicted molar refractivity (Wildman–Crippen MR) is 137 cm³/mol. The molecule has 37 heavy (non-hydrogen) atoms. The van der Waals surface area contributed by atoms with Gasteiger partial charge in [-0.3, -0.25) is 9.69 Å². The summed E-state index contributed by atoms with van der Waals surface area (Å²) in [7, 11) is 0. The van der Waals surface area contributed by atoms with Gasteiger partial charge in [-0.05, 0) is 58.7 Å². The van der Waals surface area contributed by atoms with Crippen molar-refractivity contribution in [2.24, 2.45) is 4.99 Å². The monoisotopic (exact) mass is 510 g/mol. The number of fused-ring (bicyclic) bond motifs is 4. The number of carbonyl (C=O) groups excluding carboxylic acids is 2. The van der Waals surface area contributed by atoms with Crippen LogP contribution in [0, 0.1) is 0 Å². The van der Waals surface area contributed by atoms with Gasteiger partial charge in [-0.25, -0.2) is 20.2 Å². The molecule has 4 aliphatic heterocycles. The van der Waals surface area contributed by atoms with Crippen molar-refractivity contribution in [1.29, 1.82) is 0 Å². The summed E-state index contributed by atoms with van der Waals surface area (Å²) >= 11 is 0. The molecule has 3 N–H and O–H groups in total. The maximum absolute atomic E-state index is 13.2. The quantitative estimate of drug-likeness (QED) is 0.556. The minimum Gasteiger partial charge on any atom is -0.492 e. The summed E-state index contributed by atoms with van der Waals surface area (Å²) < 4.78 is 17.5. The van der Waals surface area contributed by atoms with Crippen LogP contribution in [0.1, 0.15) is 46.6 Å². The van der Waals surface area contributed by atoms with E-state index < -0.39 is 11.7 Å². The summed E-state index contributed by atoms with van der Waals surface area (Å²) in [6, 6.07) is 5.65. The number of hydrogen-bond donors (Lipinski definition) is 3. The zero-order valence-corrected chi connectivity index (χ0v) is 21.9. The van der Waals surface area contributed by atoms with Crippen LogP contribution in [0.5, 0.6) is 5.75 Å². The van der Waals surface area contributed by atoms with Crippen LogP contribution in [0.3, 0.4) is 0 Å². The van der Waals surface area contributed by atoms with Gasteiger partial charge in [0.25, 0.3) is 5.91 Å². The van der Waals surface area contributed by atoms with Gasteiger partial charge in [-0.1, -0.05) is 6.07 Å². The molecular weight excluding hydrogens is 476 g/mol. The molecule has 5 rings (SSSR count). The van der Waals surface area contributed by atoms with Crippen LogP contribution in [-0.2, 0) is 20.9 Å². The molecule has 0 saturated heterocycles. The van der Waals surface area contributed by atoms with Crippen molar-refractivity contribution in [2.75, 3.05) is 31.6 Å². The Morgan fingerprint density at radius 1 is 1.27 bits per heavy atom. The Labute approximate surface area is 216 Å². The highest BCUT2D eigenvalue weighted by Gasteiger charge is 2.43. The van der Waals surface area contributed by atoms with Gasteiger partial charge in [0.1, 0.15) is 23.0 Å². The van der Waals surface area contributed by atoms with Gasteiger partial charge in [-0.2, -0.15) is 0 Å². The van der Waals surface area contributed by atoms with Gasteiger partial charge in [0.2, 0.25) is 0 Å². The highest BCUT2D eigenvalue weighted by molar-refractivity contribution is 6.11. The summed E-state index contributed by atoms with van der Waals surface area (Å²) in [5.74, 6) is 2.05. The fourth-order valence-corrected chi connectivity index (χ4v) is 4.66. The average Bonchev–Trinajstić information content (AvgIpc) is 3.44. The molecule has 0 radical (unpaired) electrons. The smallest absolute Gasteiger partial charge is 0.416 e. The number of hydrogen-bond acceptors (Lipinski definition) is 9. The van der Waals surface area contributed by atoms with E-state index in [1.165, 1.54) is 0 Å². The lowest BCUT2D eigenvalue weighted by Crippen LogP contribution is -2.44. The van der Waals surface area contributed by atoms with Gasteiger partial charge in [0, 0.05) is 24.7 Å². The fourth-order valence-electron chi connectivity index (χ4n) is 4.66. The van der Waals surface area contributed by atoms with Crippen LogP contribution in [-0.4, -0.2) is 65.7 Å². The van der Waals surface area contributed by atoms with E-state index in [1.54, 1.807) is 9.91 Å². The van der Waals surface area contributed by atoms with Crippen molar-refractivity contribution < 1.29 is 23.8 Å². The Morgan fingerprint density at radius 2 is 2.08 bits per heavy atom. The van der Waals surface area contributed by atoms with E-state index in [0.29, 0.717) is 61.6 Å². The second-order valence-corrected chi connectivity index (χ2v) is 10.4. The van der Waals surface area contributed by atoms with Gasteiger partial charge in [-0.15, -0.1) is 0 Å². The predicted octanol–water partition coefficient (Wildman–Crippen LogP) is 2.83. The standard InChI is InChI=1S/C26H34N6O5/c1-6-36-20-8-7-16-11-19(20)29-21-17-9-10-31(25(34)37-26(3,4)5)24(17)32-22(30-21)18(12-27-32)23(33)28-15(2)13-35-14-16/h7-8,11,15,27H,6,9-10,12-14H2,1-5H3,(H,28,33)(H,29,30). The topological polar surface area (TPSA) is 117 Å². The molecule has 4 aliphatic rings. The molecule has 1 atom stereocenters. The molecular formula is C26H34N6O5. The molecule has 0 fully saturated rings. The molecule has 2 amide bonds. The Morgan fingerprint density at radius 3 is 2.84 bits per heavy atom. The number of hydrazine groups is 1. The summed E-state index contributed by atoms with van der Waals surface area (Å²) in [6.07, 6.45) is 0.118. The van der Waals surface area contributed by atoms with Crippen LogP contribution in [0.15, 0.2) is 46.0 Å². The highest BCUT2D eigenvalue weighted by Crippen LogP contribution is 2.38. The van der Waals surface area contributed by atoms with E-state index in [4.69, 9.17) is 19.2 Å². The Hall–Kier alpha value is -3.57. The lowest BCUT2D eigenvalue weighted by Gasteiger charge is -2.33. The molecule has 1 aromatic rings. The van der Waals surface area contributed by atoms with Gasteiger partial charge in [0.05, 0.1) is 31.1 Å². The lowest BCUT2D eigenvalue weighted by atomic mass is 10.1. The van der Waals surface area contributed by atoms with Crippen LogP contribution in [0.4, 0.5) is 10.5 Å². The molecule has 0 saturated carbocycles. The van der Waals surface area contributed by atoms with E-state index in [2.05, 4.69) is 16.1 Å². The first-order valence-electron chi connectivity index (χ1n) is 12.7. The second-order valence-electron chi connectivity index (χ2n) is 10.4. The molecule has 0 aliphatic carbocycles. The molecule has 198 valence electrons. The van der Waals surface area contributed by atoms with Crippen LogP contribution in [0.25, 0.3) is 0 Å². The minimum absolute atomic E-state index is 0.204. The summed E-state index contributed by atoms with van der Waals surface area (Å²) in [5.41, 5.74) is 5.60. The zero-order valence-electron chi connectivity index (χ0n) is 21.9. The third-order valence-electron chi connectivity index (χ3n) is 6.22. The maximum Gasteiger partial charge on any atom is 0.416 e. The molecule has 1 aromatic carbocycles. The largest absolute Gasteiger partial charge is 0.492 e. The molecule has 4 bridgehead atoms. The van der Waals surface area contributed by atoms with Gasteiger partial charge in [0.15, 0.2) is 5.82 Å². The first-order chi connectivity index (χ1) is 17.6. The van der Waals surface area contributed by atoms with E-state index in [0.717, 1.165) is 16.8 Å². The molecule has 4 heterocycles. The lowest BCUT2D eigenvalue weighted by molar-refractivity contribution is -0.118. The SMILES string of the molecule is CCOc1ccc2cc1NC1=NC3=C(CNN3C3=C1CCN3C(=O)OC(C)(C)C)C(=O)NC(C)COC2. The van der Waals surface area contributed by atoms with Crippen molar-refractivity contribution in [2.45, 2.75) is 59.3 Å². The number of nitrogens with zero attached hydrogens (tertiary/aromatic N) is 3. The molecule has 11 heteroatoms. The van der Waals surface area contributed by atoms with E-state index in [1.807, 2.05) is 52.8 Å². The molecule has 11 nitrogen and oxygen atoms in total. The molecule has 1 unspecified atom stereocenters. The Bertz CT molecular complexity index is 1210. The number of aliphatic imine (C=N–C) groups is 1. The number of ether oxygens (including phenoxy) is 3. The fraction of sp³-hybridized carbons (Fsp3) is 0.500. The zero-order chi connectivity index (χ0) is 26.3. The first-order valence-corrected chi connectivity index (χ1v) is 12.7. The second kappa shape index (κ2) is 9.71. The van der Waals surface area contributed by atoms with Crippen molar-refractivity contribution in [1.82, 2.24) is 20.7 Å². The normalized spacial score (nSPS) is 21.7. The number of anilines is 1. The van der Waals surface area contributed by atoms with Crippen molar-refractivity contribution >= 4 is 23.5 Å².